The van der Waals surface area contributed by atoms with Gasteiger partial charge in [-0.1, -0.05) is 42.0 Å². The summed E-state index contributed by atoms with van der Waals surface area (Å²) in [7, 11) is 6.41. The monoisotopic (exact) mass is 956 g/mol. The van der Waals surface area contributed by atoms with Gasteiger partial charge in [-0.05, 0) is 73.2 Å². The van der Waals surface area contributed by atoms with Crippen molar-refractivity contribution in [3.63, 3.8) is 0 Å². The number of methoxy groups -OCH3 is 2. The van der Waals surface area contributed by atoms with Gasteiger partial charge in [0.25, 0.3) is 0 Å². The smallest absolute Gasteiger partial charge is 0.330 e. The van der Waals surface area contributed by atoms with E-state index in [1.807, 2.05) is 48.5 Å². The number of hydrogen-bond acceptors (Lipinski definition) is 12. The van der Waals surface area contributed by atoms with Crippen LogP contribution in [0.2, 0.25) is 0 Å². The molecule has 0 fully saturated rings. The van der Waals surface area contributed by atoms with Crippen LogP contribution >= 0.6 is 0 Å². The van der Waals surface area contributed by atoms with E-state index < -0.39 is 34.6 Å². The Labute approximate surface area is 395 Å². The first kappa shape index (κ1) is 47.5. The Hall–Kier alpha value is -8.94. The fourth-order valence-corrected chi connectivity index (χ4v) is 7.41. The van der Waals surface area contributed by atoms with Crippen LogP contribution in [0.25, 0.3) is 45.2 Å². The number of fused-ring (bicyclic) bond motifs is 2. The molecule has 6 heterocycles. The Bertz CT molecular complexity index is 3550. The molecule has 4 aromatic carbocycles. The van der Waals surface area contributed by atoms with Crippen molar-refractivity contribution in [2.24, 2.45) is 14.1 Å². The topological polar surface area (TPSA) is 188 Å². The van der Waals surface area contributed by atoms with Gasteiger partial charge in [-0.15, -0.1) is 0 Å². The molecular formula is C50H44F4N10O6. The predicted octanol–water partition coefficient (Wildman–Crippen LogP) is 8.64. The van der Waals surface area contributed by atoms with Crippen molar-refractivity contribution in [3.8, 4) is 34.4 Å². The minimum Gasteiger partial charge on any atom is -0.497 e. The van der Waals surface area contributed by atoms with Gasteiger partial charge in [0.1, 0.15) is 57.2 Å². The molecule has 20 heteroatoms. The summed E-state index contributed by atoms with van der Waals surface area (Å²) in [5, 5.41) is 3.18. The summed E-state index contributed by atoms with van der Waals surface area (Å²) >= 11 is 0. The van der Waals surface area contributed by atoms with Gasteiger partial charge in [-0.3, -0.25) is 18.3 Å². The Morgan fingerprint density at radius 2 is 1.09 bits per heavy atom. The molecule has 358 valence electrons. The summed E-state index contributed by atoms with van der Waals surface area (Å²) in [4.78, 5) is 43.3. The second kappa shape index (κ2) is 20.5. The molecule has 6 aromatic heterocycles. The molecule has 0 unspecified atom stereocenters. The van der Waals surface area contributed by atoms with E-state index in [1.165, 1.54) is 48.5 Å². The first-order chi connectivity index (χ1) is 33.7. The second-order valence-electron chi connectivity index (χ2n) is 15.7. The molecule has 10 rings (SSSR count). The lowest BCUT2D eigenvalue weighted by atomic mass is 10.2. The van der Waals surface area contributed by atoms with Gasteiger partial charge >= 0.3 is 11.4 Å². The number of nitrogens with zero attached hydrogens (tertiary/aromatic N) is 8. The lowest BCUT2D eigenvalue weighted by molar-refractivity contribution is 0.414. The van der Waals surface area contributed by atoms with Crippen molar-refractivity contribution < 1.29 is 35.9 Å². The van der Waals surface area contributed by atoms with Crippen LogP contribution in [0.5, 0.6) is 11.5 Å². The number of aryl methyl sites for hydroxylation is 3. The SMILES string of the molecule is COc1ccc(C)cc1.COc1ccc(CNc2nc(-c3ccco3)c3c(n2)n(Cc2ccc(F)cc2F)c(=O)n3C)cc1.Cn1c(=O)n(Cc2ccc(F)cc2F)c2nc(N)nc(-c3ccco3)c21. The summed E-state index contributed by atoms with van der Waals surface area (Å²) in [6.45, 7) is 2.21. The molecule has 0 atom stereocenters. The highest BCUT2D eigenvalue weighted by molar-refractivity contribution is 5.88. The highest BCUT2D eigenvalue weighted by Crippen LogP contribution is 2.29. The summed E-state index contributed by atoms with van der Waals surface area (Å²) in [5.41, 5.74) is 9.61. The predicted molar refractivity (Wildman–Crippen MR) is 254 cm³/mol. The number of imidazole rings is 2. The standard InChI is InChI=1S/C25H21F2N5O3.C17H13F2N5O2.C8H10O/c1-31-22-21(20-4-3-11-35-20)29-24(28-13-15-5-9-18(34-2)10-6-15)30-23(22)32(25(31)33)14-16-7-8-17(26)12-19(16)27;1-23-14-13(12-3-2-6-26-12)21-16(20)22-15(14)24(17(23)25)8-9-4-5-10(18)7-11(9)19;1-7-3-5-8(9-2)6-4-7/h3-12H,13-14H2,1-2H3,(H,28,29,30);2-7H,8H2,1H3,(H2,20,21,22);3-6H,1-2H3. The highest BCUT2D eigenvalue weighted by atomic mass is 19.1. The first-order valence-electron chi connectivity index (χ1n) is 21.4. The number of nitrogen functional groups attached to an aromatic ring is 1. The van der Waals surface area contributed by atoms with Crippen LogP contribution in [0, 0.1) is 30.2 Å². The third-order valence-electron chi connectivity index (χ3n) is 11.0. The number of nitrogens with one attached hydrogen (secondary N) is 1. The summed E-state index contributed by atoms with van der Waals surface area (Å²) in [5.74, 6) is -0.133. The lowest BCUT2D eigenvalue weighted by Gasteiger charge is -2.10. The van der Waals surface area contributed by atoms with Crippen LogP contribution < -0.4 is 31.9 Å². The minimum absolute atomic E-state index is 0.0529. The van der Waals surface area contributed by atoms with Crippen molar-refractivity contribution in [1.29, 1.82) is 0 Å². The number of nitrogens with two attached hydrogens (primary N) is 1. The summed E-state index contributed by atoms with van der Waals surface area (Å²) in [6, 6.07) is 28.7. The average Bonchev–Trinajstić information content (AvgIpc) is 4.18. The number of benzene rings is 4. The van der Waals surface area contributed by atoms with E-state index in [9.17, 15) is 27.2 Å². The number of furan rings is 2. The quantitative estimate of drug-likeness (QED) is 0.118. The Morgan fingerprint density at radius 3 is 1.54 bits per heavy atom. The molecule has 10 aromatic rings. The maximum Gasteiger partial charge on any atom is 0.330 e. The van der Waals surface area contributed by atoms with Gasteiger partial charge in [-0.2, -0.15) is 9.97 Å². The van der Waals surface area contributed by atoms with Gasteiger partial charge in [0.15, 0.2) is 22.8 Å². The summed E-state index contributed by atoms with van der Waals surface area (Å²) < 4.78 is 81.3. The minimum atomic E-state index is -0.748. The number of aromatic nitrogens is 8. The maximum atomic E-state index is 14.4. The van der Waals surface area contributed by atoms with Gasteiger partial charge in [-0.25, -0.2) is 37.1 Å². The van der Waals surface area contributed by atoms with Crippen LogP contribution in [-0.2, 0) is 33.7 Å². The molecule has 0 saturated heterocycles. The fourth-order valence-electron chi connectivity index (χ4n) is 7.41. The molecule has 0 aliphatic carbocycles. The summed E-state index contributed by atoms with van der Waals surface area (Å²) in [6.07, 6.45) is 2.99. The molecule has 16 nitrogen and oxygen atoms in total. The van der Waals surface area contributed by atoms with E-state index in [0.29, 0.717) is 46.1 Å². The average molecular weight is 957 g/mol. The molecular weight excluding hydrogens is 913 g/mol. The number of ether oxygens (including phenoxy) is 2. The van der Waals surface area contributed by atoms with E-state index in [1.54, 1.807) is 52.6 Å². The van der Waals surface area contributed by atoms with Crippen LogP contribution in [-0.4, -0.2) is 52.4 Å². The normalized spacial score (nSPS) is 11.0. The molecule has 0 bridgehead atoms. The Kier molecular flexibility index (Phi) is 13.9. The zero-order valence-electron chi connectivity index (χ0n) is 38.3. The molecule has 0 amide bonds. The van der Waals surface area contributed by atoms with E-state index in [0.717, 1.165) is 41.3 Å². The Morgan fingerprint density at radius 1 is 0.614 bits per heavy atom. The molecule has 0 radical (unpaired) electrons. The van der Waals surface area contributed by atoms with Crippen molar-refractivity contribution in [3.05, 3.63) is 188 Å². The van der Waals surface area contributed by atoms with E-state index in [2.05, 4.69) is 32.2 Å². The van der Waals surface area contributed by atoms with Gasteiger partial charge < -0.3 is 29.4 Å². The van der Waals surface area contributed by atoms with Crippen LogP contribution in [0.15, 0.2) is 140 Å². The molecule has 3 N–H and O–H groups in total. The molecule has 0 spiro atoms. The lowest BCUT2D eigenvalue weighted by Crippen LogP contribution is -2.23. The first-order valence-corrected chi connectivity index (χ1v) is 21.4. The van der Waals surface area contributed by atoms with E-state index in [-0.39, 0.29) is 41.8 Å². The number of anilines is 2. The van der Waals surface area contributed by atoms with Crippen LogP contribution in [0.3, 0.4) is 0 Å². The van der Waals surface area contributed by atoms with E-state index >= 15 is 0 Å². The third-order valence-corrected chi connectivity index (χ3v) is 11.0. The zero-order valence-corrected chi connectivity index (χ0v) is 38.3. The van der Waals surface area contributed by atoms with Crippen molar-refractivity contribution in [1.82, 2.24) is 38.2 Å². The van der Waals surface area contributed by atoms with E-state index in [4.69, 9.17) is 24.0 Å². The molecule has 0 saturated carbocycles. The highest BCUT2D eigenvalue weighted by Gasteiger charge is 2.23. The third kappa shape index (κ3) is 10.1. The van der Waals surface area contributed by atoms with Crippen molar-refractivity contribution >= 4 is 34.2 Å². The Balaban J connectivity index is 0.000000164. The van der Waals surface area contributed by atoms with Crippen molar-refractivity contribution in [2.75, 3.05) is 25.3 Å². The second-order valence-corrected chi connectivity index (χ2v) is 15.7. The van der Waals surface area contributed by atoms with Crippen LogP contribution in [0.4, 0.5) is 29.5 Å². The van der Waals surface area contributed by atoms with Crippen LogP contribution in [0.1, 0.15) is 22.3 Å². The molecule has 70 heavy (non-hydrogen) atoms. The number of hydrogen-bond donors (Lipinski definition) is 2. The maximum absolute atomic E-state index is 14.4. The fraction of sp³-hybridized carbons (Fsp3) is 0.160. The molecule has 0 aliphatic heterocycles. The number of halogens is 4. The number of rotatable bonds is 11. The van der Waals surface area contributed by atoms with Gasteiger partial charge in [0.2, 0.25) is 11.9 Å². The zero-order chi connectivity index (χ0) is 49.6. The van der Waals surface area contributed by atoms with Gasteiger partial charge in [0.05, 0.1) is 39.8 Å². The van der Waals surface area contributed by atoms with Gasteiger partial charge in [0, 0.05) is 43.9 Å². The largest absolute Gasteiger partial charge is 0.497 e. The molecule has 0 aliphatic rings. The van der Waals surface area contributed by atoms with Crippen molar-refractivity contribution in [2.45, 2.75) is 26.6 Å².